The quantitative estimate of drug-likeness (QED) is 0.479. The number of benzene rings is 1. The van der Waals surface area contributed by atoms with Gasteiger partial charge in [0.2, 0.25) is 4.96 Å². The van der Waals surface area contributed by atoms with Crippen molar-refractivity contribution in [3.63, 3.8) is 0 Å². The van der Waals surface area contributed by atoms with Crippen LogP contribution < -0.4 is 0 Å². The fourth-order valence-corrected chi connectivity index (χ4v) is 3.96. The third kappa shape index (κ3) is 2.90. The molecule has 0 saturated carbocycles. The summed E-state index contributed by atoms with van der Waals surface area (Å²) in [5.41, 5.74) is 0.889. The topological polar surface area (TPSA) is 43.1 Å². The minimum absolute atomic E-state index is 0.607. The standard InChI is InChI=1S/C15H8Cl2N4S2/c16-10-5-3-9(11(17)8-10)4-6-13-20-21-14(12-2-1-7-22-12)18-19-15(21)23-13/h1-8H. The van der Waals surface area contributed by atoms with Crippen molar-refractivity contribution in [3.8, 4) is 10.7 Å². The van der Waals surface area contributed by atoms with Crippen molar-refractivity contribution in [1.29, 1.82) is 0 Å². The zero-order valence-electron chi connectivity index (χ0n) is 11.5. The normalized spacial score (nSPS) is 11.7. The van der Waals surface area contributed by atoms with Crippen LogP contribution >= 0.6 is 45.9 Å². The number of fused-ring (bicyclic) bond motifs is 1. The van der Waals surface area contributed by atoms with Crippen LogP contribution in [-0.4, -0.2) is 19.8 Å². The number of hydrogen-bond donors (Lipinski definition) is 0. The second-order valence-electron chi connectivity index (χ2n) is 4.63. The average Bonchev–Trinajstić information content (AvgIpc) is 3.22. The molecule has 3 heterocycles. The van der Waals surface area contributed by atoms with Crippen molar-refractivity contribution in [2.45, 2.75) is 0 Å². The molecule has 0 spiro atoms. The molecule has 0 atom stereocenters. The maximum Gasteiger partial charge on any atom is 0.235 e. The van der Waals surface area contributed by atoms with E-state index in [1.807, 2.05) is 35.7 Å². The Morgan fingerprint density at radius 3 is 2.78 bits per heavy atom. The van der Waals surface area contributed by atoms with Gasteiger partial charge < -0.3 is 0 Å². The van der Waals surface area contributed by atoms with Crippen LogP contribution in [0.3, 0.4) is 0 Å². The molecule has 0 aliphatic heterocycles. The Hall–Kier alpha value is -1.73. The largest absolute Gasteiger partial charge is 0.235 e. The maximum atomic E-state index is 6.17. The van der Waals surface area contributed by atoms with Gasteiger partial charge in [0.1, 0.15) is 5.01 Å². The molecule has 0 saturated heterocycles. The van der Waals surface area contributed by atoms with Crippen molar-refractivity contribution in [1.82, 2.24) is 19.8 Å². The van der Waals surface area contributed by atoms with E-state index in [-0.39, 0.29) is 0 Å². The maximum absolute atomic E-state index is 6.17. The van der Waals surface area contributed by atoms with Crippen LogP contribution in [-0.2, 0) is 0 Å². The van der Waals surface area contributed by atoms with E-state index in [0.717, 1.165) is 26.2 Å². The predicted octanol–water partition coefficient (Wildman–Crippen LogP) is 5.39. The zero-order chi connectivity index (χ0) is 15.8. The molecule has 0 fully saturated rings. The van der Waals surface area contributed by atoms with Crippen LogP contribution in [0.15, 0.2) is 35.7 Å². The van der Waals surface area contributed by atoms with E-state index in [1.165, 1.54) is 11.3 Å². The lowest BCUT2D eigenvalue weighted by Gasteiger charge is -1.97. The lowest BCUT2D eigenvalue weighted by atomic mass is 10.2. The molecule has 8 heteroatoms. The van der Waals surface area contributed by atoms with Gasteiger partial charge >= 0.3 is 0 Å². The first-order chi connectivity index (χ1) is 11.2. The van der Waals surface area contributed by atoms with Crippen LogP contribution in [0.2, 0.25) is 10.0 Å². The van der Waals surface area contributed by atoms with Crippen LogP contribution in [0.25, 0.3) is 27.8 Å². The highest BCUT2D eigenvalue weighted by Crippen LogP contribution is 2.27. The van der Waals surface area contributed by atoms with Gasteiger partial charge in [-0.1, -0.05) is 52.7 Å². The number of thiophene rings is 1. The van der Waals surface area contributed by atoms with Crippen molar-refractivity contribution in [2.75, 3.05) is 0 Å². The second kappa shape index (κ2) is 6.05. The fraction of sp³-hybridized carbons (Fsp3) is 0. The molecule has 1 aromatic carbocycles. The SMILES string of the molecule is Clc1ccc(C=Cc2nn3c(-c4cccs4)nnc3s2)c(Cl)c1. The summed E-state index contributed by atoms with van der Waals surface area (Å²) in [6.45, 7) is 0. The Bertz CT molecular complexity index is 1000. The Labute approximate surface area is 149 Å². The van der Waals surface area contributed by atoms with Gasteiger partial charge in [-0.15, -0.1) is 21.5 Å². The van der Waals surface area contributed by atoms with Crippen molar-refractivity contribution >= 4 is 63.0 Å². The van der Waals surface area contributed by atoms with E-state index in [2.05, 4.69) is 15.3 Å². The highest BCUT2D eigenvalue weighted by Gasteiger charge is 2.12. The highest BCUT2D eigenvalue weighted by atomic mass is 35.5. The number of hydrogen-bond acceptors (Lipinski definition) is 5. The van der Waals surface area contributed by atoms with Gasteiger partial charge in [-0.05, 0) is 35.2 Å². The molecular formula is C15H8Cl2N4S2. The molecule has 4 nitrogen and oxygen atoms in total. The van der Waals surface area contributed by atoms with Gasteiger partial charge in [-0.25, -0.2) is 0 Å². The van der Waals surface area contributed by atoms with E-state index >= 15 is 0 Å². The number of aromatic nitrogens is 4. The van der Waals surface area contributed by atoms with E-state index in [9.17, 15) is 0 Å². The van der Waals surface area contributed by atoms with Gasteiger partial charge in [0, 0.05) is 10.0 Å². The van der Waals surface area contributed by atoms with Crippen LogP contribution in [0.5, 0.6) is 0 Å². The smallest absolute Gasteiger partial charge is 0.181 e. The lowest BCUT2D eigenvalue weighted by molar-refractivity contribution is 0.963. The summed E-state index contributed by atoms with van der Waals surface area (Å²) in [7, 11) is 0. The molecule has 0 N–H and O–H groups in total. The Morgan fingerprint density at radius 1 is 1.09 bits per heavy atom. The molecule has 0 aliphatic carbocycles. The average molecular weight is 379 g/mol. The number of nitrogens with zero attached hydrogens (tertiary/aromatic N) is 4. The molecule has 4 aromatic rings. The summed E-state index contributed by atoms with van der Waals surface area (Å²) in [6.07, 6.45) is 3.82. The summed E-state index contributed by atoms with van der Waals surface area (Å²) in [5.74, 6) is 0.760. The predicted molar refractivity (Wildman–Crippen MR) is 97.4 cm³/mol. The van der Waals surface area contributed by atoms with Crippen LogP contribution in [0, 0.1) is 0 Å². The summed E-state index contributed by atoms with van der Waals surface area (Å²) in [6, 6.07) is 9.38. The molecular weight excluding hydrogens is 371 g/mol. The van der Waals surface area contributed by atoms with E-state index in [4.69, 9.17) is 23.2 Å². The highest BCUT2D eigenvalue weighted by molar-refractivity contribution is 7.17. The Morgan fingerprint density at radius 2 is 2.00 bits per heavy atom. The summed E-state index contributed by atoms with van der Waals surface area (Å²) < 4.78 is 1.76. The van der Waals surface area contributed by atoms with Crippen molar-refractivity contribution < 1.29 is 0 Å². The second-order valence-corrected chi connectivity index (χ2v) is 7.41. The third-order valence-electron chi connectivity index (χ3n) is 3.12. The summed E-state index contributed by atoms with van der Waals surface area (Å²) in [4.78, 5) is 1.80. The monoisotopic (exact) mass is 378 g/mol. The minimum Gasteiger partial charge on any atom is -0.181 e. The molecule has 3 aromatic heterocycles. The van der Waals surface area contributed by atoms with Gasteiger partial charge in [0.05, 0.1) is 4.88 Å². The van der Waals surface area contributed by atoms with E-state index in [1.54, 1.807) is 28.0 Å². The number of halogens is 2. The van der Waals surface area contributed by atoms with Gasteiger partial charge in [-0.2, -0.15) is 9.61 Å². The van der Waals surface area contributed by atoms with Gasteiger partial charge in [-0.3, -0.25) is 0 Å². The minimum atomic E-state index is 0.607. The first-order valence-electron chi connectivity index (χ1n) is 6.60. The first-order valence-corrected chi connectivity index (χ1v) is 9.05. The molecule has 0 radical (unpaired) electrons. The fourth-order valence-electron chi connectivity index (χ4n) is 2.06. The van der Waals surface area contributed by atoms with Crippen molar-refractivity contribution in [2.24, 2.45) is 0 Å². The van der Waals surface area contributed by atoms with Crippen molar-refractivity contribution in [3.05, 3.63) is 56.3 Å². The van der Waals surface area contributed by atoms with Crippen LogP contribution in [0.1, 0.15) is 10.6 Å². The summed E-state index contributed by atoms with van der Waals surface area (Å²) >= 11 is 15.2. The molecule has 23 heavy (non-hydrogen) atoms. The lowest BCUT2D eigenvalue weighted by Crippen LogP contribution is -1.88. The van der Waals surface area contributed by atoms with E-state index < -0.39 is 0 Å². The summed E-state index contributed by atoms with van der Waals surface area (Å²) in [5, 5.41) is 17.0. The van der Waals surface area contributed by atoms with Crippen LogP contribution in [0.4, 0.5) is 0 Å². The molecule has 0 amide bonds. The molecule has 0 aliphatic rings. The van der Waals surface area contributed by atoms with Gasteiger partial charge in [0.15, 0.2) is 5.82 Å². The number of rotatable bonds is 3. The first kappa shape index (κ1) is 14.8. The molecule has 4 rings (SSSR count). The molecule has 0 unspecified atom stereocenters. The zero-order valence-corrected chi connectivity index (χ0v) is 14.6. The Kier molecular flexibility index (Phi) is 3.90. The Balaban J connectivity index is 1.69. The van der Waals surface area contributed by atoms with E-state index in [0.29, 0.717) is 10.0 Å². The van der Waals surface area contributed by atoms with Gasteiger partial charge in [0.25, 0.3) is 0 Å². The molecule has 0 bridgehead atoms. The third-order valence-corrected chi connectivity index (χ3v) is 5.41. The molecule has 114 valence electrons.